The zero-order valence-electron chi connectivity index (χ0n) is 16.0. The van der Waals surface area contributed by atoms with Gasteiger partial charge in [-0.05, 0) is 64.0 Å². The van der Waals surface area contributed by atoms with Crippen LogP contribution in [0.2, 0.25) is 0 Å². The van der Waals surface area contributed by atoms with Gasteiger partial charge >= 0.3 is 0 Å². The van der Waals surface area contributed by atoms with Gasteiger partial charge in [0.2, 0.25) is 0 Å². The molecule has 0 bridgehead atoms. The van der Waals surface area contributed by atoms with Crippen LogP contribution in [0.4, 0.5) is 8.78 Å². The molecule has 3 heteroatoms. The van der Waals surface area contributed by atoms with E-state index in [1.165, 1.54) is 23.8 Å². The van der Waals surface area contributed by atoms with Gasteiger partial charge in [0.1, 0.15) is 11.6 Å². The van der Waals surface area contributed by atoms with Crippen molar-refractivity contribution in [2.45, 2.75) is 0 Å². The summed E-state index contributed by atoms with van der Waals surface area (Å²) in [5.74, 6) is -0.908. The second kappa shape index (κ2) is 7.53. The van der Waals surface area contributed by atoms with Crippen LogP contribution in [-0.2, 0) is 0 Å². The number of fused-ring (bicyclic) bond motifs is 1. The topological polar surface area (TPSA) is 12.9 Å². The zero-order valence-corrected chi connectivity index (χ0v) is 16.0. The van der Waals surface area contributed by atoms with E-state index in [1.807, 2.05) is 36.4 Å². The standard InChI is InChI=1S/C27H17F2N/c28-24-11-10-22-14-23(15-26(29)25(22)17-24)27-16-21(12-13-30-27)20-8-6-19(7-9-20)18-4-2-1-3-5-18/h1-17H. The Morgan fingerprint density at radius 1 is 0.533 bits per heavy atom. The van der Waals surface area contributed by atoms with Crippen LogP contribution >= 0.6 is 0 Å². The molecule has 0 N–H and O–H groups in total. The van der Waals surface area contributed by atoms with Crippen molar-refractivity contribution in [3.63, 3.8) is 0 Å². The van der Waals surface area contributed by atoms with Gasteiger partial charge in [-0.15, -0.1) is 0 Å². The fourth-order valence-corrected chi connectivity index (χ4v) is 3.69. The van der Waals surface area contributed by atoms with Crippen molar-refractivity contribution < 1.29 is 8.78 Å². The highest BCUT2D eigenvalue weighted by Gasteiger charge is 2.09. The summed E-state index contributed by atoms with van der Waals surface area (Å²) < 4.78 is 28.0. The average Bonchev–Trinajstić information content (AvgIpc) is 2.80. The molecule has 0 unspecified atom stereocenters. The molecular weight excluding hydrogens is 376 g/mol. The van der Waals surface area contributed by atoms with E-state index in [1.54, 1.807) is 12.3 Å². The molecule has 1 nitrogen and oxygen atoms in total. The van der Waals surface area contributed by atoms with E-state index in [0.717, 1.165) is 16.7 Å². The summed E-state index contributed by atoms with van der Waals surface area (Å²) in [6, 6.07) is 29.8. The van der Waals surface area contributed by atoms with Crippen LogP contribution in [-0.4, -0.2) is 4.98 Å². The van der Waals surface area contributed by atoms with Gasteiger partial charge in [0, 0.05) is 17.1 Å². The molecule has 1 aromatic heterocycles. The fraction of sp³-hybridized carbons (Fsp3) is 0. The summed E-state index contributed by atoms with van der Waals surface area (Å²) in [7, 11) is 0. The second-order valence-corrected chi connectivity index (χ2v) is 7.20. The Kier molecular flexibility index (Phi) is 4.56. The first-order chi connectivity index (χ1) is 14.7. The van der Waals surface area contributed by atoms with Crippen molar-refractivity contribution >= 4 is 10.8 Å². The first-order valence-corrected chi connectivity index (χ1v) is 9.68. The van der Waals surface area contributed by atoms with Crippen molar-refractivity contribution in [1.29, 1.82) is 0 Å². The smallest absolute Gasteiger partial charge is 0.131 e. The van der Waals surface area contributed by atoms with Gasteiger partial charge in [-0.1, -0.05) is 60.7 Å². The first kappa shape index (κ1) is 18.2. The number of pyridine rings is 1. The SMILES string of the molecule is Fc1ccc2cc(-c3cc(-c4ccc(-c5ccccc5)cc4)ccn3)cc(F)c2c1. The lowest BCUT2D eigenvalue weighted by atomic mass is 9.99. The maximum absolute atomic E-state index is 14.5. The van der Waals surface area contributed by atoms with Crippen LogP contribution in [0.5, 0.6) is 0 Å². The molecule has 0 fully saturated rings. The third-order valence-electron chi connectivity index (χ3n) is 5.25. The second-order valence-electron chi connectivity index (χ2n) is 7.20. The summed E-state index contributed by atoms with van der Waals surface area (Å²) in [5, 5.41) is 0.914. The molecule has 0 saturated heterocycles. The van der Waals surface area contributed by atoms with Crippen molar-refractivity contribution in [3.8, 4) is 33.5 Å². The molecule has 0 aliphatic rings. The number of hydrogen-bond donors (Lipinski definition) is 0. The number of halogens is 2. The van der Waals surface area contributed by atoms with Gasteiger partial charge in [-0.2, -0.15) is 0 Å². The Morgan fingerprint density at radius 2 is 1.23 bits per heavy atom. The number of hydrogen-bond acceptors (Lipinski definition) is 1. The van der Waals surface area contributed by atoms with Crippen LogP contribution in [0.25, 0.3) is 44.3 Å². The molecule has 0 aliphatic carbocycles. The molecule has 0 spiro atoms. The normalized spacial score (nSPS) is 11.0. The number of rotatable bonds is 3. The lowest BCUT2D eigenvalue weighted by molar-refractivity contribution is 0.622. The van der Waals surface area contributed by atoms with Crippen molar-refractivity contribution in [1.82, 2.24) is 4.98 Å². The molecule has 30 heavy (non-hydrogen) atoms. The van der Waals surface area contributed by atoms with Crippen LogP contribution < -0.4 is 0 Å². The lowest BCUT2D eigenvalue weighted by Crippen LogP contribution is -1.89. The molecule has 0 aliphatic heterocycles. The molecule has 0 saturated carbocycles. The average molecular weight is 393 g/mol. The quantitative estimate of drug-likeness (QED) is 0.309. The minimum Gasteiger partial charge on any atom is -0.256 e. The van der Waals surface area contributed by atoms with Gasteiger partial charge < -0.3 is 0 Å². The Bertz CT molecular complexity index is 1340. The van der Waals surface area contributed by atoms with E-state index >= 15 is 0 Å². The minimum absolute atomic E-state index is 0.270. The summed E-state index contributed by atoms with van der Waals surface area (Å²) in [5.41, 5.74) is 5.71. The van der Waals surface area contributed by atoms with Crippen molar-refractivity contribution in [2.24, 2.45) is 0 Å². The predicted molar refractivity (Wildman–Crippen MR) is 118 cm³/mol. The highest BCUT2D eigenvalue weighted by atomic mass is 19.1. The molecular formula is C27H17F2N. The number of aromatic nitrogens is 1. The van der Waals surface area contributed by atoms with Crippen LogP contribution in [0.15, 0.2) is 103 Å². The van der Waals surface area contributed by atoms with Crippen LogP contribution in [0.1, 0.15) is 0 Å². The minimum atomic E-state index is -0.457. The van der Waals surface area contributed by atoms with E-state index < -0.39 is 11.6 Å². The van der Waals surface area contributed by atoms with Crippen molar-refractivity contribution in [3.05, 3.63) is 115 Å². The first-order valence-electron chi connectivity index (χ1n) is 9.68. The van der Waals surface area contributed by atoms with E-state index in [2.05, 4.69) is 41.4 Å². The molecule has 0 amide bonds. The molecule has 5 rings (SSSR count). The number of benzene rings is 4. The molecule has 5 aromatic rings. The number of nitrogens with zero attached hydrogens (tertiary/aromatic N) is 1. The highest BCUT2D eigenvalue weighted by molar-refractivity contribution is 5.88. The summed E-state index contributed by atoms with van der Waals surface area (Å²) in [6.07, 6.45) is 1.72. The van der Waals surface area contributed by atoms with E-state index in [0.29, 0.717) is 16.6 Å². The molecule has 0 radical (unpaired) electrons. The van der Waals surface area contributed by atoms with Gasteiger partial charge in [-0.25, -0.2) is 8.78 Å². The highest BCUT2D eigenvalue weighted by Crippen LogP contribution is 2.30. The van der Waals surface area contributed by atoms with E-state index in [9.17, 15) is 8.78 Å². The zero-order chi connectivity index (χ0) is 20.5. The van der Waals surface area contributed by atoms with Crippen LogP contribution in [0.3, 0.4) is 0 Å². The summed E-state index contributed by atoms with van der Waals surface area (Å²) in [6.45, 7) is 0. The summed E-state index contributed by atoms with van der Waals surface area (Å²) >= 11 is 0. The Labute approximate surface area is 173 Å². The predicted octanol–water partition coefficient (Wildman–Crippen LogP) is 7.51. The van der Waals surface area contributed by atoms with Gasteiger partial charge in [0.05, 0.1) is 5.69 Å². The monoisotopic (exact) mass is 393 g/mol. The fourth-order valence-electron chi connectivity index (χ4n) is 3.69. The lowest BCUT2D eigenvalue weighted by Gasteiger charge is -2.09. The third kappa shape index (κ3) is 3.46. The largest absolute Gasteiger partial charge is 0.256 e. The van der Waals surface area contributed by atoms with Crippen LogP contribution in [0, 0.1) is 11.6 Å². The maximum Gasteiger partial charge on any atom is 0.131 e. The summed E-state index contributed by atoms with van der Waals surface area (Å²) in [4.78, 5) is 4.43. The molecule has 1 heterocycles. The van der Waals surface area contributed by atoms with Gasteiger partial charge in [0.15, 0.2) is 0 Å². The Hall–Kier alpha value is -3.85. The van der Waals surface area contributed by atoms with E-state index in [4.69, 9.17) is 0 Å². The van der Waals surface area contributed by atoms with Gasteiger partial charge in [-0.3, -0.25) is 4.98 Å². The van der Waals surface area contributed by atoms with Gasteiger partial charge in [0.25, 0.3) is 0 Å². The molecule has 0 atom stereocenters. The third-order valence-corrected chi connectivity index (χ3v) is 5.25. The van der Waals surface area contributed by atoms with Crippen molar-refractivity contribution in [2.75, 3.05) is 0 Å². The van der Waals surface area contributed by atoms with E-state index in [-0.39, 0.29) is 5.39 Å². The maximum atomic E-state index is 14.5. The molecule has 4 aromatic carbocycles. The Morgan fingerprint density at radius 3 is 2.00 bits per heavy atom. The molecule has 144 valence electrons. The Balaban J connectivity index is 1.52.